The molecule has 6 heteroatoms. The van der Waals surface area contributed by atoms with Gasteiger partial charge in [-0.25, -0.2) is 0 Å². The third kappa shape index (κ3) is 5.11. The van der Waals surface area contributed by atoms with Gasteiger partial charge >= 0.3 is 6.18 Å². The van der Waals surface area contributed by atoms with E-state index in [9.17, 15) is 18.3 Å². The zero-order valence-corrected chi connectivity index (χ0v) is 17.7. The van der Waals surface area contributed by atoms with Crippen LogP contribution in [0.2, 0.25) is 0 Å². The molecule has 1 aromatic heterocycles. The van der Waals surface area contributed by atoms with Crippen LogP contribution < -0.4 is 0 Å². The number of aliphatic hydroxyl groups is 1. The molecule has 0 aliphatic rings. The van der Waals surface area contributed by atoms with Crippen molar-refractivity contribution in [2.24, 2.45) is 0 Å². The summed E-state index contributed by atoms with van der Waals surface area (Å²) < 4.78 is 40.3. The average molecular weight is 424 g/mol. The molecule has 1 unspecified atom stereocenters. The molecule has 2 nitrogen and oxygen atoms in total. The number of benzene rings is 2. The van der Waals surface area contributed by atoms with Crippen molar-refractivity contribution < 1.29 is 18.3 Å². The molecule has 1 atom stereocenters. The maximum Gasteiger partial charge on any atom is 0.416 e. The molecule has 0 radical (unpaired) electrons. The Balaban J connectivity index is 1.96. The summed E-state index contributed by atoms with van der Waals surface area (Å²) >= 11 is 1.47. The minimum absolute atomic E-state index is 0.541. The smallest absolute Gasteiger partial charge is 0.387 e. The molecular weight excluding hydrogens is 395 g/mol. The van der Waals surface area contributed by atoms with Crippen molar-refractivity contribution in [3.05, 3.63) is 46.8 Å². The van der Waals surface area contributed by atoms with Crippen LogP contribution in [0.4, 0.5) is 13.2 Å². The number of fused-ring (bicyclic) bond motifs is 3. The molecule has 0 saturated heterocycles. The second-order valence-corrected chi connectivity index (χ2v) is 8.50. The summed E-state index contributed by atoms with van der Waals surface area (Å²) in [6, 6.07) is 7.56. The quantitative estimate of drug-likeness (QED) is 0.400. The van der Waals surface area contributed by atoms with Crippen molar-refractivity contribution in [2.45, 2.75) is 51.8 Å². The zero-order valence-electron chi connectivity index (χ0n) is 16.9. The molecule has 1 heterocycles. The van der Waals surface area contributed by atoms with Crippen LogP contribution in [0.1, 0.15) is 56.8 Å². The van der Waals surface area contributed by atoms with Crippen LogP contribution in [0.5, 0.6) is 0 Å². The first-order chi connectivity index (χ1) is 13.8. The van der Waals surface area contributed by atoms with Gasteiger partial charge in [0.25, 0.3) is 0 Å². The van der Waals surface area contributed by atoms with Gasteiger partial charge in [-0.05, 0) is 66.3 Å². The van der Waals surface area contributed by atoms with Gasteiger partial charge in [0.05, 0.1) is 11.7 Å². The molecule has 0 amide bonds. The fraction of sp³-hybridized carbons (Fsp3) is 0.478. The Hall–Kier alpha value is -1.63. The summed E-state index contributed by atoms with van der Waals surface area (Å²) in [6.45, 7) is 6.75. The Morgan fingerprint density at radius 3 is 2.31 bits per heavy atom. The lowest BCUT2D eigenvalue weighted by Gasteiger charge is -2.25. The van der Waals surface area contributed by atoms with E-state index >= 15 is 0 Å². The Bertz CT molecular complexity index is 942. The van der Waals surface area contributed by atoms with E-state index in [1.165, 1.54) is 23.5 Å². The van der Waals surface area contributed by atoms with Crippen LogP contribution in [0.15, 0.2) is 35.7 Å². The molecule has 158 valence electrons. The van der Waals surface area contributed by atoms with Gasteiger partial charge in [0.2, 0.25) is 0 Å². The van der Waals surface area contributed by atoms with Crippen molar-refractivity contribution >= 4 is 32.2 Å². The number of aliphatic hydroxyl groups excluding tert-OH is 1. The molecule has 0 aliphatic carbocycles. The number of unbranched alkanes of at least 4 members (excludes halogenated alkanes) is 2. The highest BCUT2D eigenvalue weighted by atomic mass is 32.1. The molecule has 0 bridgehead atoms. The van der Waals surface area contributed by atoms with Crippen LogP contribution in [-0.4, -0.2) is 29.6 Å². The standard InChI is InChI=1S/C23H28F3NOS/c1-3-5-10-27(11-6-4-2)15-21(28)20-13-16-7-8-17(23(24,25)26)14-19(16)18-9-12-29-22(18)20/h7-9,12-14,21,28H,3-6,10-11,15H2,1-2H3. The van der Waals surface area contributed by atoms with Gasteiger partial charge in [-0.3, -0.25) is 0 Å². The van der Waals surface area contributed by atoms with Crippen molar-refractivity contribution in [3.8, 4) is 0 Å². The molecule has 0 saturated carbocycles. The molecule has 29 heavy (non-hydrogen) atoms. The fourth-order valence-electron chi connectivity index (χ4n) is 3.72. The largest absolute Gasteiger partial charge is 0.416 e. The molecule has 3 rings (SSSR count). The van der Waals surface area contributed by atoms with Crippen LogP contribution >= 0.6 is 11.3 Å². The Labute approximate surface area is 174 Å². The summed E-state index contributed by atoms with van der Waals surface area (Å²) in [5.41, 5.74) is 0.163. The normalized spacial score (nSPS) is 13.6. The predicted octanol–water partition coefficient (Wildman–Crippen LogP) is 7.01. The molecule has 0 spiro atoms. The third-order valence-corrected chi connectivity index (χ3v) is 6.32. The highest BCUT2D eigenvalue weighted by Crippen LogP contribution is 2.38. The molecular formula is C23H28F3NOS. The van der Waals surface area contributed by atoms with E-state index in [1.54, 1.807) is 0 Å². The topological polar surface area (TPSA) is 23.5 Å². The third-order valence-electron chi connectivity index (χ3n) is 5.36. The van der Waals surface area contributed by atoms with E-state index < -0.39 is 17.8 Å². The minimum atomic E-state index is -4.37. The van der Waals surface area contributed by atoms with Crippen molar-refractivity contribution in [1.82, 2.24) is 4.90 Å². The second-order valence-electron chi connectivity index (χ2n) is 7.59. The van der Waals surface area contributed by atoms with E-state index in [2.05, 4.69) is 18.7 Å². The van der Waals surface area contributed by atoms with Gasteiger partial charge in [-0.15, -0.1) is 11.3 Å². The number of halogens is 3. The lowest BCUT2D eigenvalue weighted by Crippen LogP contribution is -2.30. The summed E-state index contributed by atoms with van der Waals surface area (Å²) in [7, 11) is 0. The molecule has 2 aromatic carbocycles. The Kier molecular flexibility index (Phi) is 7.19. The average Bonchev–Trinajstić information content (AvgIpc) is 3.18. The van der Waals surface area contributed by atoms with E-state index in [-0.39, 0.29) is 0 Å². The highest BCUT2D eigenvalue weighted by Gasteiger charge is 2.30. The van der Waals surface area contributed by atoms with Gasteiger partial charge in [-0.1, -0.05) is 32.8 Å². The van der Waals surface area contributed by atoms with Gasteiger partial charge in [0.1, 0.15) is 0 Å². The van der Waals surface area contributed by atoms with Crippen molar-refractivity contribution in [1.29, 1.82) is 0 Å². The van der Waals surface area contributed by atoms with Crippen molar-refractivity contribution in [2.75, 3.05) is 19.6 Å². The maximum atomic E-state index is 13.2. The van der Waals surface area contributed by atoms with E-state index in [4.69, 9.17) is 0 Å². The number of rotatable bonds is 9. The molecule has 0 aliphatic heterocycles. The van der Waals surface area contributed by atoms with Crippen molar-refractivity contribution in [3.63, 3.8) is 0 Å². The highest BCUT2D eigenvalue weighted by molar-refractivity contribution is 7.17. The molecule has 3 aromatic rings. The van der Waals surface area contributed by atoms with E-state index in [0.29, 0.717) is 11.9 Å². The second kappa shape index (κ2) is 9.45. The monoisotopic (exact) mass is 423 g/mol. The molecule has 0 fully saturated rings. The van der Waals surface area contributed by atoms with Gasteiger partial charge in [0.15, 0.2) is 0 Å². The van der Waals surface area contributed by atoms with Gasteiger partial charge in [-0.2, -0.15) is 13.2 Å². The number of hydrogen-bond donors (Lipinski definition) is 1. The lowest BCUT2D eigenvalue weighted by atomic mass is 9.98. The van der Waals surface area contributed by atoms with E-state index in [1.807, 2.05) is 17.5 Å². The number of hydrogen-bond acceptors (Lipinski definition) is 3. The minimum Gasteiger partial charge on any atom is -0.387 e. The van der Waals surface area contributed by atoms with Gasteiger partial charge < -0.3 is 10.0 Å². The number of thiophene rings is 1. The fourth-order valence-corrected chi connectivity index (χ4v) is 4.69. The summed E-state index contributed by atoms with van der Waals surface area (Å²) in [5, 5.41) is 15.0. The van der Waals surface area contributed by atoms with Crippen LogP contribution in [0.25, 0.3) is 20.9 Å². The zero-order chi connectivity index (χ0) is 21.0. The summed E-state index contributed by atoms with van der Waals surface area (Å²) in [4.78, 5) is 2.30. The van der Waals surface area contributed by atoms with Crippen LogP contribution in [0, 0.1) is 0 Å². The summed E-state index contributed by atoms with van der Waals surface area (Å²) in [5.74, 6) is 0. The predicted molar refractivity (Wildman–Crippen MR) is 116 cm³/mol. The molecule has 1 N–H and O–H groups in total. The van der Waals surface area contributed by atoms with Gasteiger partial charge in [0, 0.05) is 22.2 Å². The number of alkyl halides is 3. The van der Waals surface area contributed by atoms with E-state index in [0.717, 1.165) is 65.9 Å². The van der Waals surface area contributed by atoms with Crippen LogP contribution in [0.3, 0.4) is 0 Å². The Morgan fingerprint density at radius 2 is 1.69 bits per heavy atom. The van der Waals surface area contributed by atoms with Crippen LogP contribution in [-0.2, 0) is 6.18 Å². The Morgan fingerprint density at radius 1 is 1.00 bits per heavy atom. The lowest BCUT2D eigenvalue weighted by molar-refractivity contribution is -0.137. The first-order valence-corrected chi connectivity index (χ1v) is 11.1. The SMILES string of the molecule is CCCCN(CCCC)CC(O)c1cc2ccc(C(F)(F)F)cc2c2ccsc12. The summed E-state index contributed by atoms with van der Waals surface area (Å²) in [6.07, 6.45) is -0.660. The number of nitrogens with zero attached hydrogens (tertiary/aromatic N) is 1. The maximum absolute atomic E-state index is 13.2. The first kappa shape index (κ1) is 22.1. The first-order valence-electron chi connectivity index (χ1n) is 10.3.